The fourth-order valence-electron chi connectivity index (χ4n) is 2.95. The van der Waals surface area contributed by atoms with Gasteiger partial charge in [-0.1, -0.05) is 13.0 Å². The van der Waals surface area contributed by atoms with Crippen LogP contribution in [0.15, 0.2) is 18.3 Å². The van der Waals surface area contributed by atoms with E-state index in [0.29, 0.717) is 19.0 Å². The third-order valence-corrected chi connectivity index (χ3v) is 4.33. The maximum absolute atomic E-state index is 12.2. The topological polar surface area (TPSA) is 94.0 Å². The van der Waals surface area contributed by atoms with Gasteiger partial charge in [-0.2, -0.15) is 0 Å². The lowest BCUT2D eigenvalue weighted by Gasteiger charge is -2.19. The molecule has 8 heteroatoms. The van der Waals surface area contributed by atoms with Gasteiger partial charge in [-0.05, 0) is 31.7 Å². The third-order valence-electron chi connectivity index (χ3n) is 4.33. The molecule has 26 heavy (non-hydrogen) atoms. The number of pyridine rings is 1. The zero-order valence-corrected chi connectivity index (χ0v) is 15.4. The average molecular weight is 358 g/mol. The van der Waals surface area contributed by atoms with E-state index in [9.17, 15) is 4.79 Å². The quantitative estimate of drug-likeness (QED) is 0.792. The standard InChI is InChI=1S/C18H26N6O2/c1-3-10-26-16-8-7-14(11-19-16)12-20-18(25)21-13(2)17-23-22-15-6-4-5-9-24(15)17/h7-8,11,13H,3-6,9-10,12H2,1-2H3,(H2,20,21,25). The van der Waals surface area contributed by atoms with E-state index in [1.165, 1.54) is 0 Å². The smallest absolute Gasteiger partial charge is 0.315 e. The minimum Gasteiger partial charge on any atom is -0.478 e. The van der Waals surface area contributed by atoms with Crippen LogP contribution in [0.25, 0.3) is 0 Å². The summed E-state index contributed by atoms with van der Waals surface area (Å²) in [6.45, 7) is 5.94. The van der Waals surface area contributed by atoms with Crippen molar-refractivity contribution in [1.29, 1.82) is 0 Å². The van der Waals surface area contributed by atoms with E-state index in [4.69, 9.17) is 4.74 Å². The molecule has 0 fully saturated rings. The number of amides is 2. The van der Waals surface area contributed by atoms with E-state index in [1.54, 1.807) is 6.20 Å². The molecule has 2 aromatic rings. The first kappa shape index (κ1) is 18.2. The highest BCUT2D eigenvalue weighted by atomic mass is 16.5. The van der Waals surface area contributed by atoms with Gasteiger partial charge < -0.3 is 19.9 Å². The highest BCUT2D eigenvalue weighted by molar-refractivity contribution is 5.74. The summed E-state index contributed by atoms with van der Waals surface area (Å²) in [5.41, 5.74) is 0.913. The molecule has 1 aliphatic heterocycles. The molecule has 2 N–H and O–H groups in total. The molecule has 0 aromatic carbocycles. The predicted octanol–water partition coefficient (Wildman–Crippen LogP) is 2.36. The first-order chi connectivity index (χ1) is 12.7. The number of nitrogens with zero attached hydrogens (tertiary/aromatic N) is 4. The summed E-state index contributed by atoms with van der Waals surface area (Å²) in [5.74, 6) is 2.43. The Kier molecular flexibility index (Phi) is 6.04. The number of carbonyl (C=O) groups excluding carboxylic acids is 1. The van der Waals surface area contributed by atoms with Crippen molar-refractivity contribution in [3.63, 3.8) is 0 Å². The number of urea groups is 1. The summed E-state index contributed by atoms with van der Waals surface area (Å²) >= 11 is 0. The van der Waals surface area contributed by atoms with E-state index >= 15 is 0 Å². The maximum Gasteiger partial charge on any atom is 0.315 e. The van der Waals surface area contributed by atoms with Gasteiger partial charge in [0, 0.05) is 31.8 Å². The van der Waals surface area contributed by atoms with Crippen LogP contribution in [0, 0.1) is 0 Å². The van der Waals surface area contributed by atoms with Crippen LogP contribution in [0.2, 0.25) is 0 Å². The zero-order valence-electron chi connectivity index (χ0n) is 15.4. The van der Waals surface area contributed by atoms with Gasteiger partial charge in [-0.3, -0.25) is 0 Å². The van der Waals surface area contributed by atoms with Crippen LogP contribution in [-0.4, -0.2) is 32.4 Å². The van der Waals surface area contributed by atoms with Gasteiger partial charge in [0.1, 0.15) is 5.82 Å². The Balaban J connectivity index is 1.48. The van der Waals surface area contributed by atoms with Crippen LogP contribution >= 0.6 is 0 Å². The van der Waals surface area contributed by atoms with Crippen molar-refractivity contribution in [3.05, 3.63) is 35.5 Å². The fourth-order valence-corrected chi connectivity index (χ4v) is 2.95. The van der Waals surface area contributed by atoms with Crippen LogP contribution in [-0.2, 0) is 19.5 Å². The highest BCUT2D eigenvalue weighted by Crippen LogP contribution is 2.18. The summed E-state index contributed by atoms with van der Waals surface area (Å²) in [7, 11) is 0. The monoisotopic (exact) mass is 358 g/mol. The van der Waals surface area contributed by atoms with Crippen LogP contribution in [0.1, 0.15) is 56.4 Å². The van der Waals surface area contributed by atoms with E-state index < -0.39 is 0 Å². The van der Waals surface area contributed by atoms with Gasteiger partial charge >= 0.3 is 6.03 Å². The van der Waals surface area contributed by atoms with Gasteiger partial charge in [0.15, 0.2) is 5.82 Å². The van der Waals surface area contributed by atoms with Crippen LogP contribution < -0.4 is 15.4 Å². The van der Waals surface area contributed by atoms with Crippen molar-refractivity contribution in [1.82, 2.24) is 30.4 Å². The summed E-state index contributed by atoms with van der Waals surface area (Å²) in [6, 6.07) is 3.28. The second-order valence-corrected chi connectivity index (χ2v) is 6.49. The van der Waals surface area contributed by atoms with Crippen molar-refractivity contribution < 1.29 is 9.53 Å². The first-order valence-corrected chi connectivity index (χ1v) is 9.21. The molecule has 1 atom stereocenters. The molecule has 0 saturated carbocycles. The van der Waals surface area contributed by atoms with Gasteiger partial charge in [0.2, 0.25) is 5.88 Å². The maximum atomic E-state index is 12.2. The molecule has 140 valence electrons. The molecule has 3 rings (SSSR count). The van der Waals surface area contributed by atoms with Gasteiger partial charge in [0.25, 0.3) is 0 Å². The number of nitrogens with one attached hydrogen (secondary N) is 2. The Morgan fingerprint density at radius 1 is 1.35 bits per heavy atom. The predicted molar refractivity (Wildman–Crippen MR) is 96.8 cm³/mol. The van der Waals surface area contributed by atoms with Gasteiger partial charge in [-0.25, -0.2) is 9.78 Å². The SMILES string of the molecule is CCCOc1ccc(CNC(=O)NC(C)c2nnc3n2CCCC3)cn1. The Bertz CT molecular complexity index is 728. The van der Waals surface area contributed by atoms with Crippen molar-refractivity contribution in [2.75, 3.05) is 6.61 Å². The summed E-state index contributed by atoms with van der Waals surface area (Å²) in [4.78, 5) is 16.4. The van der Waals surface area contributed by atoms with Crippen LogP contribution in [0.5, 0.6) is 5.88 Å². The number of carbonyl (C=O) groups is 1. The van der Waals surface area contributed by atoms with Crippen molar-refractivity contribution in [2.24, 2.45) is 0 Å². The minimum absolute atomic E-state index is 0.197. The number of fused-ring (bicyclic) bond motifs is 1. The zero-order chi connectivity index (χ0) is 18.4. The molecule has 0 bridgehead atoms. The van der Waals surface area contributed by atoms with Gasteiger partial charge in [0.05, 0.1) is 12.6 Å². The molecule has 0 saturated heterocycles. The number of rotatable bonds is 7. The molecular formula is C18H26N6O2. The number of aryl methyl sites for hydroxylation is 1. The second kappa shape index (κ2) is 8.64. The van der Waals surface area contributed by atoms with E-state index in [2.05, 4.69) is 30.4 Å². The Morgan fingerprint density at radius 3 is 3.00 bits per heavy atom. The summed E-state index contributed by atoms with van der Waals surface area (Å²) < 4.78 is 7.57. The third kappa shape index (κ3) is 4.50. The van der Waals surface area contributed by atoms with Gasteiger partial charge in [-0.15, -0.1) is 10.2 Å². The van der Waals surface area contributed by atoms with E-state index in [-0.39, 0.29) is 12.1 Å². The molecule has 3 heterocycles. The Labute approximate surface area is 153 Å². The molecule has 8 nitrogen and oxygen atoms in total. The number of ether oxygens (including phenoxy) is 1. The van der Waals surface area contributed by atoms with Crippen LogP contribution in [0.3, 0.4) is 0 Å². The number of hydrogen-bond donors (Lipinski definition) is 2. The van der Waals surface area contributed by atoms with Crippen molar-refractivity contribution in [2.45, 2.75) is 58.7 Å². The average Bonchev–Trinajstić information content (AvgIpc) is 3.10. The van der Waals surface area contributed by atoms with E-state index in [0.717, 1.165) is 49.4 Å². The lowest BCUT2D eigenvalue weighted by Crippen LogP contribution is -2.37. The van der Waals surface area contributed by atoms with Crippen molar-refractivity contribution >= 4 is 6.03 Å². The fraction of sp³-hybridized carbons (Fsp3) is 0.556. The molecule has 1 unspecified atom stereocenters. The molecule has 0 spiro atoms. The lowest BCUT2D eigenvalue weighted by molar-refractivity contribution is 0.236. The molecule has 0 aliphatic carbocycles. The van der Waals surface area contributed by atoms with E-state index in [1.807, 2.05) is 26.0 Å². The normalized spacial score (nSPS) is 14.4. The molecule has 2 amide bonds. The lowest BCUT2D eigenvalue weighted by atomic mass is 10.1. The molecular weight excluding hydrogens is 332 g/mol. The largest absolute Gasteiger partial charge is 0.478 e. The summed E-state index contributed by atoms with van der Waals surface area (Å²) in [6.07, 6.45) is 5.89. The minimum atomic E-state index is -0.239. The second-order valence-electron chi connectivity index (χ2n) is 6.49. The molecule has 2 aromatic heterocycles. The molecule has 1 aliphatic rings. The number of aromatic nitrogens is 4. The molecule has 0 radical (unpaired) electrons. The van der Waals surface area contributed by atoms with Crippen LogP contribution in [0.4, 0.5) is 4.79 Å². The Morgan fingerprint density at radius 2 is 2.23 bits per heavy atom. The van der Waals surface area contributed by atoms with Crippen molar-refractivity contribution in [3.8, 4) is 5.88 Å². The first-order valence-electron chi connectivity index (χ1n) is 9.21. The number of hydrogen-bond acceptors (Lipinski definition) is 5. The Hall–Kier alpha value is -2.64. The summed E-state index contributed by atoms with van der Waals surface area (Å²) in [5, 5.41) is 14.2. The highest BCUT2D eigenvalue weighted by Gasteiger charge is 2.21.